The molecule has 0 aliphatic heterocycles. The Morgan fingerprint density at radius 2 is 2.27 bits per heavy atom. The molecule has 1 heterocycles. The smallest absolute Gasteiger partial charge is 0.0732 e. The van der Waals surface area contributed by atoms with Crippen LogP contribution >= 0.6 is 11.6 Å². The largest absolute Gasteiger partial charge is 0.380 e. The third-order valence-electron chi connectivity index (χ3n) is 2.05. The molecule has 3 nitrogen and oxygen atoms in total. The molecule has 4 heteroatoms. The van der Waals surface area contributed by atoms with Crippen LogP contribution in [0.2, 0.25) is 5.02 Å². The Labute approximate surface area is 95.8 Å². The number of hydrogen-bond donors (Lipinski definition) is 1. The minimum Gasteiger partial charge on any atom is -0.380 e. The number of likely N-dealkylation sites (N-methyl/N-ethyl adjacent to an activating group) is 1. The van der Waals surface area contributed by atoms with Crippen molar-refractivity contribution in [3.63, 3.8) is 0 Å². The van der Waals surface area contributed by atoms with Gasteiger partial charge in [-0.1, -0.05) is 18.5 Å². The fourth-order valence-electron chi connectivity index (χ4n) is 1.32. The lowest BCUT2D eigenvalue weighted by Gasteiger charge is -2.16. The van der Waals surface area contributed by atoms with Crippen LogP contribution in [0.4, 0.5) is 0 Å². The second kappa shape index (κ2) is 6.77. The van der Waals surface area contributed by atoms with E-state index in [4.69, 9.17) is 16.3 Å². The van der Waals surface area contributed by atoms with Gasteiger partial charge in [0.05, 0.1) is 23.4 Å². The fraction of sp³-hybridized carbons (Fsp3) is 0.545. The van der Waals surface area contributed by atoms with Gasteiger partial charge in [-0.2, -0.15) is 0 Å². The topological polar surface area (TPSA) is 34.1 Å². The molecule has 0 saturated heterocycles. The van der Waals surface area contributed by atoms with Gasteiger partial charge < -0.3 is 10.1 Å². The Morgan fingerprint density at radius 1 is 1.47 bits per heavy atom. The molecule has 0 fully saturated rings. The van der Waals surface area contributed by atoms with Gasteiger partial charge in [0.2, 0.25) is 0 Å². The molecule has 1 aromatic heterocycles. The molecule has 0 amide bonds. The molecule has 1 N–H and O–H groups in total. The molecule has 1 unspecified atom stereocenters. The standard InChI is InChI=1S/C11H17ClN2O/c1-3-13-11(8-15-4-2)10-6-5-9(12)7-14-10/h5-7,11,13H,3-4,8H2,1-2H3. The van der Waals surface area contributed by atoms with Crippen LogP contribution in [0, 0.1) is 0 Å². The lowest BCUT2D eigenvalue weighted by Crippen LogP contribution is -2.26. The van der Waals surface area contributed by atoms with Crippen LogP contribution < -0.4 is 5.32 Å². The molecular formula is C11H17ClN2O. The summed E-state index contributed by atoms with van der Waals surface area (Å²) in [6, 6.07) is 3.92. The summed E-state index contributed by atoms with van der Waals surface area (Å²) in [6.45, 7) is 6.30. The van der Waals surface area contributed by atoms with E-state index in [-0.39, 0.29) is 6.04 Å². The highest BCUT2D eigenvalue weighted by Crippen LogP contribution is 2.13. The van der Waals surface area contributed by atoms with Gasteiger partial charge in [-0.05, 0) is 25.6 Å². The summed E-state index contributed by atoms with van der Waals surface area (Å²) in [7, 11) is 0. The van der Waals surface area contributed by atoms with Crippen LogP contribution in [-0.4, -0.2) is 24.7 Å². The average Bonchev–Trinajstić information content (AvgIpc) is 2.25. The monoisotopic (exact) mass is 228 g/mol. The molecule has 1 aromatic rings. The summed E-state index contributed by atoms with van der Waals surface area (Å²) >= 11 is 5.78. The molecule has 1 rings (SSSR count). The lowest BCUT2D eigenvalue weighted by atomic mass is 10.2. The molecule has 0 spiro atoms. The van der Waals surface area contributed by atoms with Gasteiger partial charge in [0, 0.05) is 12.8 Å². The first-order valence-electron chi connectivity index (χ1n) is 5.20. The fourth-order valence-corrected chi connectivity index (χ4v) is 1.44. The highest BCUT2D eigenvalue weighted by molar-refractivity contribution is 6.30. The maximum atomic E-state index is 5.78. The van der Waals surface area contributed by atoms with Crippen LogP contribution in [0.5, 0.6) is 0 Å². The quantitative estimate of drug-likeness (QED) is 0.812. The number of ether oxygens (including phenoxy) is 1. The highest BCUT2D eigenvalue weighted by atomic mass is 35.5. The number of pyridine rings is 1. The van der Waals surface area contributed by atoms with E-state index in [1.165, 1.54) is 0 Å². The molecule has 1 atom stereocenters. The second-order valence-corrected chi connectivity index (χ2v) is 3.61. The molecule has 0 bridgehead atoms. The van der Waals surface area contributed by atoms with Gasteiger partial charge in [0.25, 0.3) is 0 Å². The number of nitrogens with zero attached hydrogens (tertiary/aromatic N) is 1. The number of rotatable bonds is 6. The first-order valence-corrected chi connectivity index (χ1v) is 5.58. The number of hydrogen-bond acceptors (Lipinski definition) is 3. The SMILES string of the molecule is CCNC(COCC)c1ccc(Cl)cn1. The summed E-state index contributed by atoms with van der Waals surface area (Å²) in [6.07, 6.45) is 1.66. The van der Waals surface area contributed by atoms with Crippen molar-refractivity contribution in [2.45, 2.75) is 19.9 Å². The third-order valence-corrected chi connectivity index (χ3v) is 2.27. The predicted molar refractivity (Wildman–Crippen MR) is 62.2 cm³/mol. The van der Waals surface area contributed by atoms with E-state index in [1.54, 1.807) is 6.20 Å². The van der Waals surface area contributed by atoms with Gasteiger partial charge in [0.1, 0.15) is 0 Å². The number of halogens is 1. The van der Waals surface area contributed by atoms with Crippen LogP contribution in [0.1, 0.15) is 25.6 Å². The molecule has 84 valence electrons. The first kappa shape index (κ1) is 12.4. The van der Waals surface area contributed by atoms with E-state index < -0.39 is 0 Å². The van der Waals surface area contributed by atoms with E-state index in [0.29, 0.717) is 11.6 Å². The second-order valence-electron chi connectivity index (χ2n) is 3.17. The summed E-state index contributed by atoms with van der Waals surface area (Å²) in [5.74, 6) is 0. The average molecular weight is 229 g/mol. The van der Waals surface area contributed by atoms with Crippen LogP contribution in [0.25, 0.3) is 0 Å². The van der Waals surface area contributed by atoms with E-state index in [2.05, 4.69) is 17.2 Å². The molecule has 0 saturated carbocycles. The van der Waals surface area contributed by atoms with Crippen molar-refractivity contribution in [2.24, 2.45) is 0 Å². The van der Waals surface area contributed by atoms with Gasteiger partial charge in [0.15, 0.2) is 0 Å². The van der Waals surface area contributed by atoms with Crippen molar-refractivity contribution >= 4 is 11.6 Å². The predicted octanol–water partition coefficient (Wildman–Crippen LogP) is 2.42. The van der Waals surface area contributed by atoms with Crippen molar-refractivity contribution in [3.8, 4) is 0 Å². The minimum atomic E-state index is 0.146. The van der Waals surface area contributed by atoms with E-state index >= 15 is 0 Å². The van der Waals surface area contributed by atoms with Crippen molar-refractivity contribution < 1.29 is 4.74 Å². The Kier molecular flexibility index (Phi) is 5.61. The molecule has 0 aliphatic carbocycles. The maximum Gasteiger partial charge on any atom is 0.0732 e. The minimum absolute atomic E-state index is 0.146. The Hall–Kier alpha value is -0.640. The van der Waals surface area contributed by atoms with Crippen molar-refractivity contribution in [3.05, 3.63) is 29.0 Å². The zero-order chi connectivity index (χ0) is 11.1. The van der Waals surface area contributed by atoms with E-state index in [0.717, 1.165) is 18.8 Å². The normalized spacial score (nSPS) is 12.7. The molecular weight excluding hydrogens is 212 g/mol. The number of aromatic nitrogens is 1. The van der Waals surface area contributed by atoms with Gasteiger partial charge in [-0.3, -0.25) is 4.98 Å². The van der Waals surface area contributed by atoms with Crippen molar-refractivity contribution in [1.82, 2.24) is 10.3 Å². The van der Waals surface area contributed by atoms with Gasteiger partial charge in [-0.25, -0.2) is 0 Å². The maximum absolute atomic E-state index is 5.78. The molecule has 0 aromatic carbocycles. The summed E-state index contributed by atoms with van der Waals surface area (Å²) in [5, 5.41) is 3.98. The molecule has 0 aliphatic rings. The van der Waals surface area contributed by atoms with Gasteiger partial charge >= 0.3 is 0 Å². The third kappa shape index (κ3) is 4.16. The summed E-state index contributed by atoms with van der Waals surface area (Å²) in [4.78, 5) is 4.28. The van der Waals surface area contributed by atoms with E-state index in [9.17, 15) is 0 Å². The van der Waals surface area contributed by atoms with Crippen molar-refractivity contribution in [2.75, 3.05) is 19.8 Å². The van der Waals surface area contributed by atoms with Crippen LogP contribution in [-0.2, 0) is 4.74 Å². The molecule has 0 radical (unpaired) electrons. The zero-order valence-corrected chi connectivity index (χ0v) is 9.92. The summed E-state index contributed by atoms with van der Waals surface area (Å²) < 4.78 is 5.40. The van der Waals surface area contributed by atoms with Gasteiger partial charge in [-0.15, -0.1) is 0 Å². The Balaban J connectivity index is 2.65. The molecule has 15 heavy (non-hydrogen) atoms. The lowest BCUT2D eigenvalue weighted by molar-refractivity contribution is 0.122. The van der Waals surface area contributed by atoms with Crippen LogP contribution in [0.3, 0.4) is 0 Å². The Morgan fingerprint density at radius 3 is 2.80 bits per heavy atom. The highest BCUT2D eigenvalue weighted by Gasteiger charge is 2.11. The summed E-state index contributed by atoms with van der Waals surface area (Å²) in [5.41, 5.74) is 0.967. The number of nitrogens with one attached hydrogen (secondary N) is 1. The first-order chi connectivity index (χ1) is 7.27. The zero-order valence-electron chi connectivity index (χ0n) is 9.16. The van der Waals surface area contributed by atoms with Crippen LogP contribution in [0.15, 0.2) is 18.3 Å². The van der Waals surface area contributed by atoms with Crippen molar-refractivity contribution in [1.29, 1.82) is 0 Å². The Bertz CT molecular complexity index is 276. The van der Waals surface area contributed by atoms with E-state index in [1.807, 2.05) is 19.1 Å².